The van der Waals surface area contributed by atoms with Crippen molar-refractivity contribution in [2.24, 2.45) is 5.41 Å². The Kier molecular flexibility index (Phi) is 3.63. The lowest BCUT2D eigenvalue weighted by Crippen LogP contribution is -2.33. The molecule has 6 nitrogen and oxygen atoms in total. The molecule has 1 saturated carbocycles. The van der Waals surface area contributed by atoms with Gasteiger partial charge in [-0.15, -0.1) is 5.10 Å². The first kappa shape index (κ1) is 13.0. The minimum absolute atomic E-state index is 0.345. The van der Waals surface area contributed by atoms with E-state index >= 15 is 0 Å². The topological polar surface area (TPSA) is 80.9 Å². The van der Waals surface area contributed by atoms with Gasteiger partial charge < -0.3 is 5.11 Å². The Hall–Kier alpha value is -1.46. The second kappa shape index (κ2) is 5.04. The second-order valence-electron chi connectivity index (χ2n) is 5.40. The van der Waals surface area contributed by atoms with Crippen LogP contribution in [0.3, 0.4) is 0 Å². The summed E-state index contributed by atoms with van der Waals surface area (Å²) in [5.41, 5.74) is -0.803. The van der Waals surface area contributed by atoms with Gasteiger partial charge >= 0.3 is 5.97 Å². The van der Waals surface area contributed by atoms with Gasteiger partial charge in [0.25, 0.3) is 0 Å². The molecule has 1 aliphatic carbocycles. The molecule has 18 heavy (non-hydrogen) atoms. The number of hydrogen-bond acceptors (Lipinski definition) is 4. The van der Waals surface area contributed by atoms with E-state index in [4.69, 9.17) is 0 Å². The van der Waals surface area contributed by atoms with Crippen LogP contribution >= 0.6 is 0 Å². The lowest BCUT2D eigenvalue weighted by atomic mass is 9.87. The van der Waals surface area contributed by atoms with E-state index in [0.717, 1.165) is 18.7 Å². The molecule has 0 spiro atoms. The highest BCUT2D eigenvalue weighted by Crippen LogP contribution is 2.33. The molecule has 100 valence electrons. The van der Waals surface area contributed by atoms with Crippen molar-refractivity contribution in [1.29, 1.82) is 0 Å². The molecule has 0 aromatic carbocycles. The van der Waals surface area contributed by atoms with Crippen molar-refractivity contribution in [1.82, 2.24) is 20.2 Å². The minimum atomic E-state index is -0.803. The summed E-state index contributed by atoms with van der Waals surface area (Å²) in [6.07, 6.45) is 5.20. The molecule has 2 rings (SSSR count). The number of carboxylic acid groups (broad SMARTS) is 1. The minimum Gasteiger partial charge on any atom is -0.481 e. The number of hydrogen-bond donors (Lipinski definition) is 1. The van der Waals surface area contributed by atoms with Crippen molar-refractivity contribution in [2.75, 3.05) is 0 Å². The molecule has 1 aromatic heterocycles. The first-order chi connectivity index (χ1) is 8.57. The molecular formula is C12H20N4O2. The monoisotopic (exact) mass is 252 g/mol. The van der Waals surface area contributed by atoms with Crippen LogP contribution in [0.1, 0.15) is 57.7 Å². The number of aromatic nitrogens is 4. The van der Waals surface area contributed by atoms with Crippen molar-refractivity contribution in [3.63, 3.8) is 0 Å². The lowest BCUT2D eigenvalue weighted by molar-refractivity contribution is -0.149. The summed E-state index contributed by atoms with van der Waals surface area (Å²) in [7, 11) is 0. The van der Waals surface area contributed by atoms with Crippen LogP contribution in [0.25, 0.3) is 0 Å². The summed E-state index contributed by atoms with van der Waals surface area (Å²) in [4.78, 5) is 11.3. The normalized spacial score (nSPS) is 19.9. The molecule has 1 N–H and O–H groups in total. The van der Waals surface area contributed by atoms with E-state index < -0.39 is 11.4 Å². The summed E-state index contributed by atoms with van der Waals surface area (Å²) in [6.45, 7) is 3.97. The van der Waals surface area contributed by atoms with Crippen LogP contribution in [-0.2, 0) is 11.3 Å². The van der Waals surface area contributed by atoms with Crippen LogP contribution in [0, 0.1) is 5.41 Å². The average Bonchev–Trinajstić information content (AvgIpc) is 2.98. The van der Waals surface area contributed by atoms with E-state index in [2.05, 4.69) is 15.5 Å². The van der Waals surface area contributed by atoms with E-state index in [1.807, 2.05) is 6.92 Å². The Balaban J connectivity index is 2.19. The van der Waals surface area contributed by atoms with E-state index in [1.165, 1.54) is 12.8 Å². The lowest BCUT2D eigenvalue weighted by Gasteiger charge is -2.23. The van der Waals surface area contributed by atoms with Gasteiger partial charge in [0.15, 0.2) is 5.82 Å². The van der Waals surface area contributed by atoms with Gasteiger partial charge in [-0.05, 0) is 36.6 Å². The third-order valence-corrected chi connectivity index (χ3v) is 4.08. The first-order valence-electron chi connectivity index (χ1n) is 6.56. The number of tetrazole rings is 1. The molecule has 1 aromatic rings. The summed E-state index contributed by atoms with van der Waals surface area (Å²) in [6, 6.07) is 0. The number of nitrogens with zero attached hydrogens (tertiary/aromatic N) is 4. The molecule has 1 unspecified atom stereocenters. The van der Waals surface area contributed by atoms with Crippen LogP contribution in [0.15, 0.2) is 0 Å². The fraction of sp³-hybridized carbons (Fsp3) is 0.833. The van der Waals surface area contributed by atoms with Gasteiger partial charge in [-0.3, -0.25) is 4.79 Å². The summed E-state index contributed by atoms with van der Waals surface area (Å²) < 4.78 is 1.69. The number of rotatable bonds is 5. The Labute approximate surface area is 106 Å². The van der Waals surface area contributed by atoms with Crippen LogP contribution in [0.2, 0.25) is 0 Å². The fourth-order valence-electron chi connectivity index (χ4n) is 2.46. The summed E-state index contributed by atoms with van der Waals surface area (Å²) in [5.74, 6) is 0.459. The van der Waals surface area contributed by atoms with Crippen molar-refractivity contribution in [3.8, 4) is 0 Å². The highest BCUT2D eigenvalue weighted by Gasteiger charge is 2.34. The van der Waals surface area contributed by atoms with E-state index in [0.29, 0.717) is 18.9 Å². The molecule has 1 aliphatic rings. The molecule has 0 radical (unpaired) electrons. The summed E-state index contributed by atoms with van der Waals surface area (Å²) >= 11 is 0. The van der Waals surface area contributed by atoms with Gasteiger partial charge in [0.1, 0.15) is 0 Å². The first-order valence-corrected chi connectivity index (χ1v) is 6.56. The molecule has 1 fully saturated rings. The Morgan fingerprint density at radius 1 is 1.50 bits per heavy atom. The number of carbonyl (C=O) groups is 1. The molecular weight excluding hydrogens is 232 g/mol. The van der Waals surface area contributed by atoms with Gasteiger partial charge in [0.05, 0.1) is 12.0 Å². The van der Waals surface area contributed by atoms with E-state index in [-0.39, 0.29) is 0 Å². The van der Waals surface area contributed by atoms with Gasteiger partial charge in [-0.1, -0.05) is 19.8 Å². The van der Waals surface area contributed by atoms with Crippen molar-refractivity contribution >= 4 is 5.97 Å². The van der Waals surface area contributed by atoms with Crippen molar-refractivity contribution in [2.45, 2.75) is 58.4 Å². The fourth-order valence-corrected chi connectivity index (χ4v) is 2.46. The van der Waals surface area contributed by atoms with Gasteiger partial charge in [-0.2, -0.15) is 0 Å². The zero-order valence-corrected chi connectivity index (χ0v) is 11.0. The standard InChI is InChI=1S/C12H20N4O2/c1-3-12(2,11(17)18)8-16-10(13-14-15-16)9-6-4-5-7-9/h9H,3-8H2,1-2H3,(H,17,18). The largest absolute Gasteiger partial charge is 0.481 e. The van der Waals surface area contributed by atoms with Gasteiger partial charge in [0, 0.05) is 5.92 Å². The number of carboxylic acids is 1. The van der Waals surface area contributed by atoms with Crippen LogP contribution in [-0.4, -0.2) is 31.3 Å². The van der Waals surface area contributed by atoms with Crippen molar-refractivity contribution in [3.05, 3.63) is 5.82 Å². The van der Waals surface area contributed by atoms with Crippen LogP contribution in [0.5, 0.6) is 0 Å². The molecule has 1 atom stereocenters. The highest BCUT2D eigenvalue weighted by atomic mass is 16.4. The van der Waals surface area contributed by atoms with Crippen LogP contribution in [0.4, 0.5) is 0 Å². The molecule has 0 amide bonds. The zero-order chi connectivity index (χ0) is 13.2. The summed E-state index contributed by atoms with van der Waals surface area (Å²) in [5, 5.41) is 21.1. The third kappa shape index (κ3) is 2.37. The Bertz CT molecular complexity index is 425. The average molecular weight is 252 g/mol. The van der Waals surface area contributed by atoms with Crippen molar-refractivity contribution < 1.29 is 9.90 Å². The molecule has 0 bridgehead atoms. The second-order valence-corrected chi connectivity index (χ2v) is 5.40. The van der Waals surface area contributed by atoms with Gasteiger partial charge in [-0.25, -0.2) is 4.68 Å². The maximum absolute atomic E-state index is 11.3. The molecule has 0 aliphatic heterocycles. The van der Waals surface area contributed by atoms with E-state index in [9.17, 15) is 9.90 Å². The SMILES string of the molecule is CCC(C)(Cn1nnnc1C1CCCC1)C(=O)O. The predicted molar refractivity (Wildman–Crippen MR) is 65.1 cm³/mol. The number of aliphatic carboxylic acids is 1. The predicted octanol–water partition coefficient (Wildman–Crippen LogP) is 1.83. The third-order valence-electron chi connectivity index (χ3n) is 4.08. The molecule has 6 heteroatoms. The highest BCUT2D eigenvalue weighted by molar-refractivity contribution is 5.73. The maximum atomic E-state index is 11.3. The van der Waals surface area contributed by atoms with Gasteiger partial charge in [0.2, 0.25) is 0 Å². The Morgan fingerprint density at radius 3 is 2.72 bits per heavy atom. The molecule has 1 heterocycles. The van der Waals surface area contributed by atoms with Crippen LogP contribution < -0.4 is 0 Å². The zero-order valence-electron chi connectivity index (χ0n) is 11.0. The van der Waals surface area contributed by atoms with E-state index in [1.54, 1.807) is 11.6 Å². The smallest absolute Gasteiger partial charge is 0.311 e. The quantitative estimate of drug-likeness (QED) is 0.864. The Morgan fingerprint density at radius 2 is 2.17 bits per heavy atom. The maximum Gasteiger partial charge on any atom is 0.311 e. The molecule has 0 saturated heterocycles.